The summed E-state index contributed by atoms with van der Waals surface area (Å²) in [7, 11) is 0. The van der Waals surface area contributed by atoms with Crippen LogP contribution in [-0.4, -0.2) is 15.9 Å². The first kappa shape index (κ1) is 14.1. The largest absolute Gasteiger partial charge is 0.308 e. The van der Waals surface area contributed by atoms with Gasteiger partial charge in [0.15, 0.2) is 0 Å². The van der Waals surface area contributed by atoms with Crippen molar-refractivity contribution in [1.82, 2.24) is 9.97 Å². The third kappa shape index (κ3) is 3.59. The third-order valence-corrected chi connectivity index (χ3v) is 3.33. The van der Waals surface area contributed by atoms with Gasteiger partial charge in [0.2, 0.25) is 5.92 Å². The molecule has 19 heavy (non-hydrogen) atoms. The van der Waals surface area contributed by atoms with E-state index in [4.69, 9.17) is 5.84 Å². The Morgan fingerprint density at radius 3 is 2.74 bits per heavy atom. The first-order valence-electron chi connectivity index (χ1n) is 6.62. The third-order valence-electron chi connectivity index (χ3n) is 3.33. The average molecular weight is 270 g/mol. The molecule has 4 nitrogen and oxygen atoms in total. The zero-order chi connectivity index (χ0) is 14.0. The minimum absolute atomic E-state index is 0.0825. The molecule has 0 bridgehead atoms. The van der Waals surface area contributed by atoms with Crippen LogP contribution in [0.15, 0.2) is 6.07 Å². The summed E-state index contributed by atoms with van der Waals surface area (Å²) in [6.45, 7) is 4.17. The van der Waals surface area contributed by atoms with E-state index >= 15 is 0 Å². The number of hydrogen-bond acceptors (Lipinski definition) is 4. The van der Waals surface area contributed by atoms with Crippen molar-refractivity contribution in [3.8, 4) is 0 Å². The van der Waals surface area contributed by atoms with Crippen LogP contribution >= 0.6 is 0 Å². The number of nitrogens with two attached hydrogens (primary N) is 1. The summed E-state index contributed by atoms with van der Waals surface area (Å²) in [5, 5.41) is 0. The van der Waals surface area contributed by atoms with Crippen molar-refractivity contribution in [3.63, 3.8) is 0 Å². The summed E-state index contributed by atoms with van der Waals surface area (Å²) in [5.74, 6) is 3.96. The Bertz CT molecular complexity index is 448. The van der Waals surface area contributed by atoms with Crippen LogP contribution in [0.2, 0.25) is 0 Å². The topological polar surface area (TPSA) is 63.8 Å². The molecule has 0 aliphatic heterocycles. The molecule has 1 unspecified atom stereocenters. The molecule has 106 valence electrons. The van der Waals surface area contributed by atoms with Gasteiger partial charge in [0.25, 0.3) is 0 Å². The molecule has 1 fully saturated rings. The van der Waals surface area contributed by atoms with E-state index < -0.39 is 5.92 Å². The molecule has 1 aliphatic rings. The highest BCUT2D eigenvalue weighted by Gasteiger charge is 2.41. The Balaban J connectivity index is 2.24. The van der Waals surface area contributed by atoms with E-state index in [0.717, 1.165) is 12.1 Å². The number of rotatable bonds is 4. The second-order valence-corrected chi connectivity index (χ2v) is 5.64. The van der Waals surface area contributed by atoms with Crippen molar-refractivity contribution in [3.05, 3.63) is 17.6 Å². The first-order chi connectivity index (χ1) is 8.89. The highest BCUT2D eigenvalue weighted by atomic mass is 19.3. The molecule has 1 heterocycles. The second-order valence-electron chi connectivity index (χ2n) is 5.64. The summed E-state index contributed by atoms with van der Waals surface area (Å²) >= 11 is 0. The Kier molecular flexibility index (Phi) is 3.99. The molecule has 6 heteroatoms. The Morgan fingerprint density at radius 2 is 2.21 bits per heavy atom. The van der Waals surface area contributed by atoms with E-state index in [0.29, 0.717) is 24.0 Å². The van der Waals surface area contributed by atoms with E-state index in [2.05, 4.69) is 29.2 Å². The molecule has 0 spiro atoms. The van der Waals surface area contributed by atoms with Gasteiger partial charge >= 0.3 is 0 Å². The standard InChI is InChI=1S/C13H20F2N4/c1-8(2)5-10-6-11(19-16)18-12(17-10)9-3-4-13(14,15)7-9/h6,8-9H,3-5,7,16H2,1-2H3,(H,17,18,19). The average Bonchev–Trinajstić information content (AvgIpc) is 2.68. The van der Waals surface area contributed by atoms with Gasteiger partial charge in [-0.05, 0) is 18.8 Å². The zero-order valence-electron chi connectivity index (χ0n) is 11.3. The van der Waals surface area contributed by atoms with Gasteiger partial charge in [0.05, 0.1) is 0 Å². The lowest BCUT2D eigenvalue weighted by Gasteiger charge is -2.13. The van der Waals surface area contributed by atoms with Crippen molar-refractivity contribution < 1.29 is 8.78 Å². The highest BCUT2D eigenvalue weighted by Crippen LogP contribution is 2.43. The van der Waals surface area contributed by atoms with E-state index in [9.17, 15) is 8.78 Å². The van der Waals surface area contributed by atoms with Gasteiger partial charge in [-0.1, -0.05) is 13.8 Å². The molecule has 0 aromatic carbocycles. The van der Waals surface area contributed by atoms with Gasteiger partial charge in [-0.3, -0.25) is 0 Å². The maximum Gasteiger partial charge on any atom is 0.248 e. The monoisotopic (exact) mass is 270 g/mol. The molecule has 0 saturated heterocycles. The van der Waals surface area contributed by atoms with Gasteiger partial charge < -0.3 is 5.43 Å². The Labute approximate surface area is 111 Å². The van der Waals surface area contributed by atoms with Crippen LogP contribution in [0, 0.1) is 5.92 Å². The molecular weight excluding hydrogens is 250 g/mol. The highest BCUT2D eigenvalue weighted by molar-refractivity contribution is 5.35. The molecular formula is C13H20F2N4. The van der Waals surface area contributed by atoms with Gasteiger partial charge in [-0.25, -0.2) is 24.6 Å². The van der Waals surface area contributed by atoms with Gasteiger partial charge in [-0.15, -0.1) is 0 Å². The van der Waals surface area contributed by atoms with Crippen molar-refractivity contribution in [2.45, 2.75) is 51.4 Å². The van der Waals surface area contributed by atoms with E-state index in [1.807, 2.05) is 0 Å². The van der Waals surface area contributed by atoms with Gasteiger partial charge in [-0.2, -0.15) is 0 Å². The van der Waals surface area contributed by atoms with E-state index in [1.165, 1.54) is 0 Å². The van der Waals surface area contributed by atoms with Crippen LogP contribution in [-0.2, 0) is 6.42 Å². The number of nitrogen functional groups attached to an aromatic ring is 1. The Morgan fingerprint density at radius 1 is 1.47 bits per heavy atom. The van der Waals surface area contributed by atoms with Crippen LogP contribution in [0.1, 0.15) is 50.5 Å². The molecule has 1 aromatic rings. The molecule has 1 saturated carbocycles. The summed E-state index contributed by atoms with van der Waals surface area (Å²) < 4.78 is 26.6. The molecule has 1 aliphatic carbocycles. The smallest absolute Gasteiger partial charge is 0.248 e. The van der Waals surface area contributed by atoms with Crippen LogP contribution < -0.4 is 11.3 Å². The SMILES string of the molecule is CC(C)Cc1cc(NN)nc(C2CCC(F)(F)C2)n1. The fourth-order valence-electron chi connectivity index (χ4n) is 2.47. The van der Waals surface area contributed by atoms with E-state index in [1.54, 1.807) is 6.07 Å². The number of anilines is 1. The fraction of sp³-hybridized carbons (Fsp3) is 0.692. The molecule has 3 N–H and O–H groups in total. The number of nitrogens with zero attached hydrogens (tertiary/aromatic N) is 2. The van der Waals surface area contributed by atoms with Crippen LogP contribution in [0.25, 0.3) is 0 Å². The molecule has 1 aromatic heterocycles. The Hall–Kier alpha value is -1.30. The zero-order valence-corrected chi connectivity index (χ0v) is 11.3. The summed E-state index contributed by atoms with van der Waals surface area (Å²) in [6, 6.07) is 1.77. The summed E-state index contributed by atoms with van der Waals surface area (Å²) in [4.78, 5) is 8.66. The lowest BCUT2D eigenvalue weighted by molar-refractivity contribution is 0.00753. The van der Waals surface area contributed by atoms with Crippen molar-refractivity contribution in [2.24, 2.45) is 11.8 Å². The predicted molar refractivity (Wildman–Crippen MR) is 69.9 cm³/mol. The lowest BCUT2D eigenvalue weighted by Crippen LogP contribution is -2.15. The number of hydrazine groups is 1. The number of halogens is 2. The normalized spacial score (nSPS) is 21.9. The van der Waals surface area contributed by atoms with Crippen molar-refractivity contribution in [2.75, 3.05) is 5.43 Å². The van der Waals surface area contributed by atoms with Crippen LogP contribution in [0.4, 0.5) is 14.6 Å². The van der Waals surface area contributed by atoms with Crippen LogP contribution in [0.5, 0.6) is 0 Å². The molecule has 0 amide bonds. The van der Waals surface area contributed by atoms with Crippen LogP contribution in [0.3, 0.4) is 0 Å². The molecule has 1 atom stereocenters. The maximum absolute atomic E-state index is 13.3. The summed E-state index contributed by atoms with van der Waals surface area (Å²) in [5.41, 5.74) is 3.34. The minimum atomic E-state index is -2.58. The lowest BCUT2D eigenvalue weighted by atomic mass is 10.1. The predicted octanol–water partition coefficient (Wildman–Crippen LogP) is 2.86. The minimum Gasteiger partial charge on any atom is -0.308 e. The fourth-order valence-corrected chi connectivity index (χ4v) is 2.47. The number of alkyl halides is 2. The first-order valence-corrected chi connectivity index (χ1v) is 6.62. The quantitative estimate of drug-likeness (QED) is 0.652. The second kappa shape index (κ2) is 5.36. The van der Waals surface area contributed by atoms with E-state index in [-0.39, 0.29) is 18.8 Å². The number of nitrogens with one attached hydrogen (secondary N) is 1. The van der Waals surface area contributed by atoms with Gasteiger partial charge in [0.1, 0.15) is 11.6 Å². The molecule has 0 radical (unpaired) electrons. The molecule has 2 rings (SSSR count). The van der Waals surface area contributed by atoms with Gasteiger partial charge in [0, 0.05) is 30.5 Å². The number of hydrogen-bond donors (Lipinski definition) is 2. The van der Waals surface area contributed by atoms with Crippen molar-refractivity contribution in [1.29, 1.82) is 0 Å². The summed E-state index contributed by atoms with van der Waals surface area (Å²) in [6.07, 6.45) is 0.971. The maximum atomic E-state index is 13.3. The number of aromatic nitrogens is 2. The van der Waals surface area contributed by atoms with Crippen molar-refractivity contribution >= 4 is 5.82 Å².